The number of likely N-dealkylation sites (tertiary alicyclic amines) is 1. The first-order valence-electron chi connectivity index (χ1n) is 7.20. The molecule has 2 saturated heterocycles. The zero-order valence-electron chi connectivity index (χ0n) is 10.7. The number of hydrogen-bond acceptors (Lipinski definition) is 4. The van der Waals surface area contributed by atoms with Crippen molar-refractivity contribution < 1.29 is 4.74 Å². The molecule has 0 bridgehead atoms. The van der Waals surface area contributed by atoms with Crippen molar-refractivity contribution in [3.8, 4) is 0 Å². The van der Waals surface area contributed by atoms with Gasteiger partial charge in [-0.3, -0.25) is 4.90 Å². The van der Waals surface area contributed by atoms with Crippen LogP contribution >= 0.6 is 0 Å². The molecule has 1 aliphatic carbocycles. The molecule has 4 nitrogen and oxygen atoms in total. The number of hydrogen-bond donors (Lipinski definition) is 2. The Morgan fingerprint density at radius 3 is 3.00 bits per heavy atom. The highest BCUT2D eigenvalue weighted by Crippen LogP contribution is 2.29. The van der Waals surface area contributed by atoms with E-state index in [0.29, 0.717) is 6.04 Å². The largest absolute Gasteiger partial charge is 0.379 e. The highest BCUT2D eigenvalue weighted by molar-refractivity contribution is 4.91. The Hall–Kier alpha value is -0.160. The van der Waals surface area contributed by atoms with Crippen LogP contribution in [0.15, 0.2) is 0 Å². The minimum Gasteiger partial charge on any atom is -0.379 e. The van der Waals surface area contributed by atoms with Crippen molar-refractivity contribution in [2.75, 3.05) is 39.4 Å². The maximum Gasteiger partial charge on any atom is 0.0620 e. The molecule has 3 fully saturated rings. The molecule has 0 aromatic heterocycles. The van der Waals surface area contributed by atoms with E-state index in [1.165, 1.54) is 38.8 Å². The third-order valence-corrected chi connectivity index (χ3v) is 4.21. The molecule has 2 aliphatic heterocycles. The van der Waals surface area contributed by atoms with Crippen LogP contribution in [0.1, 0.15) is 25.7 Å². The average molecular weight is 239 g/mol. The van der Waals surface area contributed by atoms with Crippen LogP contribution in [0.2, 0.25) is 0 Å². The van der Waals surface area contributed by atoms with Crippen molar-refractivity contribution in [2.24, 2.45) is 0 Å². The molecule has 3 rings (SSSR count). The Morgan fingerprint density at radius 2 is 2.24 bits per heavy atom. The van der Waals surface area contributed by atoms with E-state index < -0.39 is 0 Å². The molecule has 0 amide bonds. The lowest BCUT2D eigenvalue weighted by atomic mass is 10.2. The molecule has 2 N–H and O–H groups in total. The van der Waals surface area contributed by atoms with Gasteiger partial charge in [-0.05, 0) is 32.2 Å². The van der Waals surface area contributed by atoms with Gasteiger partial charge in [-0.15, -0.1) is 0 Å². The van der Waals surface area contributed by atoms with Gasteiger partial charge >= 0.3 is 0 Å². The fraction of sp³-hybridized carbons (Fsp3) is 1.00. The highest BCUT2D eigenvalue weighted by atomic mass is 16.5. The van der Waals surface area contributed by atoms with Crippen molar-refractivity contribution in [1.82, 2.24) is 15.5 Å². The highest BCUT2D eigenvalue weighted by Gasteiger charge is 2.34. The van der Waals surface area contributed by atoms with E-state index in [1.807, 2.05) is 0 Å². The van der Waals surface area contributed by atoms with Crippen molar-refractivity contribution in [2.45, 2.75) is 43.8 Å². The van der Waals surface area contributed by atoms with Crippen LogP contribution in [-0.4, -0.2) is 62.4 Å². The number of morpholine rings is 1. The second-order valence-electron chi connectivity index (χ2n) is 5.68. The van der Waals surface area contributed by atoms with Crippen molar-refractivity contribution in [3.63, 3.8) is 0 Å². The molecule has 0 spiro atoms. The van der Waals surface area contributed by atoms with Crippen LogP contribution in [-0.2, 0) is 4.74 Å². The van der Waals surface area contributed by atoms with Crippen LogP contribution in [0, 0.1) is 0 Å². The monoisotopic (exact) mass is 239 g/mol. The SMILES string of the molecule is C1COCC(CCNC2CCN(C3CC3)C2)N1. The van der Waals surface area contributed by atoms with Gasteiger partial charge in [0, 0.05) is 37.8 Å². The van der Waals surface area contributed by atoms with Gasteiger partial charge in [-0.2, -0.15) is 0 Å². The summed E-state index contributed by atoms with van der Waals surface area (Å²) in [5.74, 6) is 0. The van der Waals surface area contributed by atoms with Crippen molar-refractivity contribution in [1.29, 1.82) is 0 Å². The lowest BCUT2D eigenvalue weighted by Crippen LogP contribution is -2.44. The second kappa shape index (κ2) is 5.65. The topological polar surface area (TPSA) is 36.5 Å². The van der Waals surface area contributed by atoms with Gasteiger partial charge in [-0.1, -0.05) is 0 Å². The summed E-state index contributed by atoms with van der Waals surface area (Å²) in [6.07, 6.45) is 5.41. The Balaban J connectivity index is 1.29. The summed E-state index contributed by atoms with van der Waals surface area (Å²) in [5.41, 5.74) is 0. The normalized spacial score (nSPS) is 35.3. The predicted molar refractivity (Wildman–Crippen MR) is 68.2 cm³/mol. The minimum atomic E-state index is 0.567. The van der Waals surface area contributed by atoms with Gasteiger partial charge in [0.05, 0.1) is 13.2 Å². The first-order chi connectivity index (χ1) is 8.42. The third kappa shape index (κ3) is 3.41. The second-order valence-corrected chi connectivity index (χ2v) is 5.68. The zero-order valence-corrected chi connectivity index (χ0v) is 10.7. The first-order valence-corrected chi connectivity index (χ1v) is 7.20. The van der Waals surface area contributed by atoms with Gasteiger partial charge in [0.2, 0.25) is 0 Å². The lowest BCUT2D eigenvalue weighted by molar-refractivity contribution is 0.0740. The van der Waals surface area contributed by atoms with Crippen LogP contribution in [0.4, 0.5) is 0 Å². The maximum absolute atomic E-state index is 5.46. The number of ether oxygens (including phenoxy) is 1. The first kappa shape index (κ1) is 11.9. The van der Waals surface area contributed by atoms with Gasteiger partial charge in [0.15, 0.2) is 0 Å². The number of rotatable bonds is 5. The summed E-state index contributed by atoms with van der Waals surface area (Å²) >= 11 is 0. The smallest absolute Gasteiger partial charge is 0.0620 e. The molecule has 0 aromatic carbocycles. The van der Waals surface area contributed by atoms with E-state index in [4.69, 9.17) is 4.74 Å². The van der Waals surface area contributed by atoms with E-state index in [9.17, 15) is 0 Å². The summed E-state index contributed by atoms with van der Waals surface area (Å²) in [6, 6.07) is 2.24. The molecule has 0 aromatic rings. The molecule has 2 unspecified atom stereocenters. The summed E-state index contributed by atoms with van der Waals surface area (Å²) in [5, 5.41) is 7.21. The minimum absolute atomic E-state index is 0.567. The van der Waals surface area contributed by atoms with Crippen LogP contribution in [0.25, 0.3) is 0 Å². The van der Waals surface area contributed by atoms with Crippen LogP contribution in [0.5, 0.6) is 0 Å². The summed E-state index contributed by atoms with van der Waals surface area (Å²) in [7, 11) is 0. The van der Waals surface area contributed by atoms with Crippen molar-refractivity contribution >= 4 is 0 Å². The van der Waals surface area contributed by atoms with Gasteiger partial charge in [-0.25, -0.2) is 0 Å². The quantitative estimate of drug-likeness (QED) is 0.718. The third-order valence-electron chi connectivity index (χ3n) is 4.21. The Bertz CT molecular complexity index is 239. The molecule has 2 atom stereocenters. The Kier molecular flexibility index (Phi) is 3.96. The number of nitrogens with zero attached hydrogens (tertiary/aromatic N) is 1. The standard InChI is InChI=1S/C13H25N3O/c1-2-13(1)16-7-4-11(9-16)14-5-3-12-10-17-8-6-15-12/h11-15H,1-10H2. The van der Waals surface area contributed by atoms with Gasteiger partial charge in [0.1, 0.15) is 0 Å². The van der Waals surface area contributed by atoms with Crippen LogP contribution < -0.4 is 10.6 Å². The zero-order chi connectivity index (χ0) is 11.5. The Labute approximate surface area is 104 Å². The van der Waals surface area contributed by atoms with E-state index in [2.05, 4.69) is 15.5 Å². The lowest BCUT2D eigenvalue weighted by Gasteiger charge is -2.24. The van der Waals surface area contributed by atoms with E-state index >= 15 is 0 Å². The molecule has 4 heteroatoms. The maximum atomic E-state index is 5.46. The fourth-order valence-corrected chi connectivity index (χ4v) is 2.99. The van der Waals surface area contributed by atoms with E-state index in [0.717, 1.165) is 38.4 Å². The molecule has 1 saturated carbocycles. The fourth-order valence-electron chi connectivity index (χ4n) is 2.99. The summed E-state index contributed by atoms with van der Waals surface area (Å²) in [6.45, 7) is 6.50. The summed E-state index contributed by atoms with van der Waals surface area (Å²) < 4.78 is 5.46. The van der Waals surface area contributed by atoms with Crippen LogP contribution in [0.3, 0.4) is 0 Å². The molecular weight excluding hydrogens is 214 g/mol. The predicted octanol–water partition coefficient (Wildman–Crippen LogP) is 0.191. The molecule has 17 heavy (non-hydrogen) atoms. The molecule has 98 valence electrons. The molecule has 0 radical (unpaired) electrons. The van der Waals surface area contributed by atoms with E-state index in [-0.39, 0.29) is 0 Å². The average Bonchev–Trinajstić information content (AvgIpc) is 3.11. The van der Waals surface area contributed by atoms with Gasteiger partial charge < -0.3 is 15.4 Å². The summed E-state index contributed by atoms with van der Waals surface area (Å²) in [4.78, 5) is 2.67. The molecule has 2 heterocycles. The molecule has 3 aliphatic rings. The number of nitrogens with one attached hydrogen (secondary N) is 2. The van der Waals surface area contributed by atoms with Gasteiger partial charge in [0.25, 0.3) is 0 Å². The molecular formula is C13H25N3O. The van der Waals surface area contributed by atoms with Crippen molar-refractivity contribution in [3.05, 3.63) is 0 Å². The van der Waals surface area contributed by atoms with E-state index in [1.54, 1.807) is 0 Å². The Morgan fingerprint density at radius 1 is 1.29 bits per heavy atom.